The Balaban J connectivity index is 2.77. The molecule has 0 spiro atoms. The number of hydrogen-bond donors (Lipinski definition) is 2. The van der Waals surface area contributed by atoms with Gasteiger partial charge in [-0.15, -0.1) is 0 Å². The van der Waals surface area contributed by atoms with Gasteiger partial charge in [0.15, 0.2) is 0 Å². The second-order valence-corrected chi connectivity index (χ2v) is 6.20. The first-order valence-corrected chi connectivity index (χ1v) is 7.01. The van der Waals surface area contributed by atoms with Gasteiger partial charge in [0.2, 0.25) is 0 Å². The van der Waals surface area contributed by atoms with Crippen LogP contribution in [-0.4, -0.2) is 53.6 Å². The summed E-state index contributed by atoms with van der Waals surface area (Å²) in [5.41, 5.74) is -1.09. The SMILES string of the molecule is CN(C)CC(C)(O)CNC(=O)c1ccc(Br)c([N+](=O)[O-])c1. The highest BCUT2D eigenvalue weighted by atomic mass is 79.9. The summed E-state index contributed by atoms with van der Waals surface area (Å²) >= 11 is 3.06. The van der Waals surface area contributed by atoms with Crippen molar-refractivity contribution in [1.29, 1.82) is 0 Å². The molecule has 0 fully saturated rings. The molecule has 8 heteroatoms. The van der Waals surface area contributed by atoms with E-state index in [1.54, 1.807) is 11.8 Å². The van der Waals surface area contributed by atoms with Crippen LogP contribution in [0.15, 0.2) is 22.7 Å². The molecular formula is C13H18BrN3O4. The number of nitro benzene ring substituents is 1. The minimum atomic E-state index is -1.08. The van der Waals surface area contributed by atoms with E-state index in [1.165, 1.54) is 18.2 Å². The molecule has 0 bridgehead atoms. The van der Waals surface area contributed by atoms with Crippen molar-refractivity contribution in [2.75, 3.05) is 27.2 Å². The summed E-state index contributed by atoms with van der Waals surface area (Å²) in [4.78, 5) is 24.1. The van der Waals surface area contributed by atoms with Crippen LogP contribution >= 0.6 is 15.9 Å². The Hall–Kier alpha value is -1.51. The van der Waals surface area contributed by atoms with Crippen molar-refractivity contribution in [2.24, 2.45) is 0 Å². The standard InChI is InChI=1S/C13H18BrN3O4/c1-13(19,8-16(2)3)7-15-12(18)9-4-5-10(14)11(6-9)17(20)21/h4-6,19H,7-8H2,1-3H3,(H,15,18). The number of benzene rings is 1. The van der Waals surface area contributed by atoms with Gasteiger partial charge in [0.05, 0.1) is 15.0 Å². The molecule has 1 aromatic carbocycles. The van der Waals surface area contributed by atoms with E-state index in [9.17, 15) is 20.0 Å². The third kappa shape index (κ3) is 5.41. The van der Waals surface area contributed by atoms with Gasteiger partial charge in [0.25, 0.3) is 11.6 Å². The quantitative estimate of drug-likeness (QED) is 0.591. The first-order valence-electron chi connectivity index (χ1n) is 6.21. The molecule has 21 heavy (non-hydrogen) atoms. The van der Waals surface area contributed by atoms with E-state index in [2.05, 4.69) is 21.2 Å². The van der Waals surface area contributed by atoms with Crippen LogP contribution < -0.4 is 5.32 Å². The number of likely N-dealkylation sites (N-methyl/N-ethyl adjacent to an activating group) is 1. The Kier molecular flexibility index (Phi) is 5.82. The molecule has 116 valence electrons. The molecule has 0 aliphatic heterocycles. The number of aliphatic hydroxyl groups is 1. The largest absolute Gasteiger partial charge is 0.387 e. The van der Waals surface area contributed by atoms with E-state index in [-0.39, 0.29) is 17.8 Å². The topological polar surface area (TPSA) is 95.7 Å². The van der Waals surface area contributed by atoms with Crippen molar-refractivity contribution in [3.05, 3.63) is 38.3 Å². The molecule has 1 unspecified atom stereocenters. The van der Waals surface area contributed by atoms with Crippen LogP contribution in [0.4, 0.5) is 5.69 Å². The first-order chi connectivity index (χ1) is 9.62. The molecule has 7 nitrogen and oxygen atoms in total. The van der Waals surface area contributed by atoms with E-state index in [4.69, 9.17) is 0 Å². The lowest BCUT2D eigenvalue weighted by atomic mass is 10.1. The Morgan fingerprint density at radius 3 is 2.67 bits per heavy atom. The maximum Gasteiger partial charge on any atom is 0.284 e. The lowest BCUT2D eigenvalue weighted by Gasteiger charge is -2.27. The van der Waals surface area contributed by atoms with Crippen molar-refractivity contribution in [3.8, 4) is 0 Å². The van der Waals surface area contributed by atoms with Crippen LogP contribution in [0, 0.1) is 10.1 Å². The van der Waals surface area contributed by atoms with Gasteiger partial charge in [0.1, 0.15) is 0 Å². The highest BCUT2D eigenvalue weighted by Gasteiger charge is 2.23. The van der Waals surface area contributed by atoms with Crippen LogP contribution in [-0.2, 0) is 0 Å². The number of nitro groups is 1. The minimum absolute atomic E-state index is 0.0495. The van der Waals surface area contributed by atoms with Crippen LogP contribution in [0.1, 0.15) is 17.3 Å². The maximum absolute atomic E-state index is 12.0. The molecule has 0 radical (unpaired) electrons. The summed E-state index contributed by atoms with van der Waals surface area (Å²) in [5, 5.41) is 23.5. The second-order valence-electron chi connectivity index (χ2n) is 5.34. The van der Waals surface area contributed by atoms with Gasteiger partial charge in [-0.25, -0.2) is 0 Å². The molecule has 0 aliphatic carbocycles. The number of nitrogens with zero attached hydrogens (tertiary/aromatic N) is 2. The zero-order chi connectivity index (χ0) is 16.2. The fraction of sp³-hybridized carbons (Fsp3) is 0.462. The molecule has 1 amide bonds. The summed E-state index contributed by atoms with van der Waals surface area (Å²) in [7, 11) is 3.63. The molecular weight excluding hydrogens is 342 g/mol. The highest BCUT2D eigenvalue weighted by molar-refractivity contribution is 9.10. The van der Waals surface area contributed by atoms with Gasteiger partial charge in [-0.2, -0.15) is 0 Å². The van der Waals surface area contributed by atoms with Crippen molar-refractivity contribution in [2.45, 2.75) is 12.5 Å². The number of amides is 1. The molecule has 0 aromatic heterocycles. The lowest BCUT2D eigenvalue weighted by Crippen LogP contribution is -2.47. The number of carbonyl (C=O) groups excluding carboxylic acids is 1. The van der Waals surface area contributed by atoms with Gasteiger partial charge >= 0.3 is 0 Å². The predicted molar refractivity (Wildman–Crippen MR) is 82.3 cm³/mol. The molecule has 0 heterocycles. The van der Waals surface area contributed by atoms with E-state index >= 15 is 0 Å². The third-order valence-electron chi connectivity index (χ3n) is 2.69. The molecule has 2 N–H and O–H groups in total. The van der Waals surface area contributed by atoms with E-state index in [0.29, 0.717) is 11.0 Å². The summed E-state index contributed by atoms with van der Waals surface area (Å²) in [6.07, 6.45) is 0. The van der Waals surface area contributed by atoms with E-state index < -0.39 is 16.4 Å². The maximum atomic E-state index is 12.0. The number of hydrogen-bond acceptors (Lipinski definition) is 5. The Bertz CT molecular complexity index is 546. The van der Waals surface area contributed by atoms with E-state index in [0.717, 1.165) is 0 Å². The predicted octanol–water partition coefficient (Wildman–Crippen LogP) is 1.40. The number of carbonyl (C=O) groups is 1. The summed E-state index contributed by atoms with van der Waals surface area (Å²) in [6.45, 7) is 2.04. The summed E-state index contributed by atoms with van der Waals surface area (Å²) in [6, 6.07) is 4.12. The fourth-order valence-electron chi connectivity index (χ4n) is 1.90. The molecule has 0 saturated heterocycles. The number of rotatable bonds is 6. The second kappa shape index (κ2) is 6.97. The van der Waals surface area contributed by atoms with Gasteiger partial charge < -0.3 is 15.3 Å². The van der Waals surface area contributed by atoms with Crippen LogP contribution in [0.25, 0.3) is 0 Å². The zero-order valence-corrected chi connectivity index (χ0v) is 13.7. The Morgan fingerprint density at radius 2 is 2.14 bits per heavy atom. The smallest absolute Gasteiger partial charge is 0.284 e. The molecule has 1 aromatic rings. The summed E-state index contributed by atoms with van der Waals surface area (Å²) < 4.78 is 0.309. The zero-order valence-electron chi connectivity index (χ0n) is 12.1. The Labute approximate surface area is 131 Å². The molecule has 0 saturated carbocycles. The average Bonchev–Trinajstić information content (AvgIpc) is 2.34. The van der Waals surface area contributed by atoms with Crippen molar-refractivity contribution >= 4 is 27.5 Å². The normalized spacial score (nSPS) is 13.8. The van der Waals surface area contributed by atoms with Gasteiger partial charge in [-0.05, 0) is 49.1 Å². The first kappa shape index (κ1) is 17.5. The molecule has 0 aliphatic rings. The van der Waals surface area contributed by atoms with Crippen molar-refractivity contribution in [1.82, 2.24) is 10.2 Å². The van der Waals surface area contributed by atoms with Gasteiger partial charge in [-0.1, -0.05) is 0 Å². The van der Waals surface area contributed by atoms with Crippen molar-refractivity contribution < 1.29 is 14.8 Å². The molecule has 1 atom stereocenters. The Morgan fingerprint density at radius 1 is 1.52 bits per heavy atom. The van der Waals surface area contributed by atoms with Crippen LogP contribution in [0.5, 0.6) is 0 Å². The van der Waals surface area contributed by atoms with Gasteiger partial charge in [0, 0.05) is 24.7 Å². The highest BCUT2D eigenvalue weighted by Crippen LogP contribution is 2.25. The molecule has 1 rings (SSSR count). The summed E-state index contributed by atoms with van der Waals surface area (Å²) in [5.74, 6) is -0.468. The number of nitrogens with one attached hydrogen (secondary N) is 1. The monoisotopic (exact) mass is 359 g/mol. The van der Waals surface area contributed by atoms with E-state index in [1.807, 2.05) is 14.1 Å². The fourth-order valence-corrected chi connectivity index (χ4v) is 2.30. The van der Waals surface area contributed by atoms with Crippen LogP contribution in [0.2, 0.25) is 0 Å². The lowest BCUT2D eigenvalue weighted by molar-refractivity contribution is -0.385. The van der Waals surface area contributed by atoms with Crippen molar-refractivity contribution in [3.63, 3.8) is 0 Å². The van der Waals surface area contributed by atoms with Crippen LogP contribution in [0.3, 0.4) is 0 Å². The minimum Gasteiger partial charge on any atom is -0.387 e. The third-order valence-corrected chi connectivity index (χ3v) is 3.36. The number of halogens is 1. The van der Waals surface area contributed by atoms with Gasteiger partial charge in [-0.3, -0.25) is 14.9 Å². The average molecular weight is 360 g/mol.